The third-order valence-electron chi connectivity index (χ3n) is 2.83. The molecule has 1 rings (SSSR count). The molecule has 0 aliphatic carbocycles. The first kappa shape index (κ1) is 17.4. The summed E-state index contributed by atoms with van der Waals surface area (Å²) in [5.41, 5.74) is 2.54. The van der Waals surface area contributed by atoms with E-state index in [-0.39, 0.29) is 19.1 Å². The minimum absolute atomic E-state index is 0.0746. The smallest absolute Gasteiger partial charge is 0.261 e. The van der Waals surface area contributed by atoms with E-state index in [0.29, 0.717) is 5.56 Å². The van der Waals surface area contributed by atoms with Gasteiger partial charge in [-0.3, -0.25) is 4.79 Å². The fourth-order valence-corrected chi connectivity index (χ4v) is 1.77. The van der Waals surface area contributed by atoms with Crippen molar-refractivity contribution in [1.82, 2.24) is 5.32 Å². The molecule has 0 heterocycles. The van der Waals surface area contributed by atoms with E-state index in [1.807, 2.05) is 13.0 Å². The van der Waals surface area contributed by atoms with Crippen LogP contribution >= 0.6 is 0 Å². The molecule has 0 aliphatic heterocycles. The van der Waals surface area contributed by atoms with Gasteiger partial charge in [0.15, 0.2) is 0 Å². The number of aryl methyl sites for hydroxylation is 1. The van der Waals surface area contributed by atoms with Gasteiger partial charge in [-0.1, -0.05) is 6.92 Å². The Labute approximate surface area is 123 Å². The Morgan fingerprint density at radius 3 is 2.71 bits per heavy atom. The van der Waals surface area contributed by atoms with E-state index < -0.39 is 13.0 Å². The monoisotopic (exact) mass is 300 g/mol. The summed E-state index contributed by atoms with van der Waals surface area (Å²) in [5, 5.41) is 5.91. The molecular formula is C15H22F2N2O2. The number of hydrogen-bond acceptors (Lipinski definition) is 3. The predicted octanol–water partition coefficient (Wildman–Crippen LogP) is 2.83. The second kappa shape index (κ2) is 9.28. The molecule has 0 saturated carbocycles. The summed E-state index contributed by atoms with van der Waals surface area (Å²) in [6, 6.07) is 5.40. The Bertz CT molecular complexity index is 453. The van der Waals surface area contributed by atoms with Crippen LogP contribution < -0.4 is 10.6 Å². The first-order chi connectivity index (χ1) is 10.0. The molecule has 0 unspecified atom stereocenters. The highest BCUT2D eigenvalue weighted by Crippen LogP contribution is 2.16. The second-order valence-corrected chi connectivity index (χ2v) is 4.68. The van der Waals surface area contributed by atoms with E-state index in [4.69, 9.17) is 4.74 Å². The number of carbonyl (C=O) groups excluding carboxylic acids is 1. The van der Waals surface area contributed by atoms with Crippen LogP contribution in [0.1, 0.15) is 29.3 Å². The molecule has 2 N–H and O–H groups in total. The van der Waals surface area contributed by atoms with Crippen LogP contribution in [0.5, 0.6) is 0 Å². The van der Waals surface area contributed by atoms with E-state index in [0.717, 1.165) is 24.2 Å². The minimum atomic E-state index is -2.48. The van der Waals surface area contributed by atoms with Crippen molar-refractivity contribution in [1.29, 1.82) is 0 Å². The van der Waals surface area contributed by atoms with Crippen LogP contribution in [0, 0.1) is 6.92 Å². The number of carbonyl (C=O) groups is 1. The van der Waals surface area contributed by atoms with Gasteiger partial charge in [-0.25, -0.2) is 8.78 Å². The van der Waals surface area contributed by atoms with Gasteiger partial charge < -0.3 is 15.4 Å². The molecule has 1 aromatic rings. The standard InChI is InChI=1S/C15H22F2N2O2/c1-3-6-18-13-5-4-12(9-11(13)2)15(20)19-7-8-21-10-14(16)17/h4-5,9,14,18H,3,6-8,10H2,1-2H3,(H,19,20). The summed E-state index contributed by atoms with van der Waals surface area (Å²) in [6.45, 7) is 4.58. The third-order valence-corrected chi connectivity index (χ3v) is 2.83. The number of anilines is 1. The van der Waals surface area contributed by atoms with Gasteiger partial charge in [0.1, 0.15) is 6.61 Å². The van der Waals surface area contributed by atoms with Gasteiger partial charge in [-0.05, 0) is 37.1 Å². The fourth-order valence-electron chi connectivity index (χ4n) is 1.77. The van der Waals surface area contributed by atoms with E-state index >= 15 is 0 Å². The number of halogens is 2. The fraction of sp³-hybridized carbons (Fsp3) is 0.533. The highest BCUT2D eigenvalue weighted by atomic mass is 19.3. The van der Waals surface area contributed by atoms with Gasteiger partial charge in [0.05, 0.1) is 6.61 Å². The lowest BCUT2D eigenvalue weighted by atomic mass is 10.1. The lowest BCUT2D eigenvalue weighted by Crippen LogP contribution is -2.27. The maximum Gasteiger partial charge on any atom is 0.261 e. The second-order valence-electron chi connectivity index (χ2n) is 4.68. The van der Waals surface area contributed by atoms with Crippen LogP contribution in [0.4, 0.5) is 14.5 Å². The number of alkyl halides is 2. The molecule has 1 aromatic carbocycles. The molecule has 0 fully saturated rings. The largest absolute Gasteiger partial charge is 0.385 e. The van der Waals surface area contributed by atoms with Crippen molar-refractivity contribution in [3.05, 3.63) is 29.3 Å². The van der Waals surface area contributed by atoms with Crippen molar-refractivity contribution in [2.45, 2.75) is 26.7 Å². The highest BCUT2D eigenvalue weighted by Gasteiger charge is 2.07. The van der Waals surface area contributed by atoms with Crippen LogP contribution in [0.2, 0.25) is 0 Å². The van der Waals surface area contributed by atoms with Gasteiger partial charge >= 0.3 is 0 Å². The molecule has 0 radical (unpaired) electrons. The molecule has 6 heteroatoms. The summed E-state index contributed by atoms with van der Waals surface area (Å²) >= 11 is 0. The number of nitrogens with one attached hydrogen (secondary N) is 2. The molecule has 0 aliphatic rings. The van der Waals surface area contributed by atoms with Gasteiger partial charge in [0.25, 0.3) is 12.3 Å². The SMILES string of the molecule is CCCNc1ccc(C(=O)NCCOCC(F)F)cc1C. The van der Waals surface area contributed by atoms with Crippen molar-refractivity contribution in [2.24, 2.45) is 0 Å². The Morgan fingerprint density at radius 2 is 2.10 bits per heavy atom. The number of ether oxygens (including phenoxy) is 1. The van der Waals surface area contributed by atoms with Crippen LogP contribution in [0.3, 0.4) is 0 Å². The molecule has 0 saturated heterocycles. The molecule has 21 heavy (non-hydrogen) atoms. The Morgan fingerprint density at radius 1 is 1.33 bits per heavy atom. The van der Waals surface area contributed by atoms with Gasteiger partial charge in [0.2, 0.25) is 0 Å². The molecule has 0 bridgehead atoms. The van der Waals surface area contributed by atoms with Crippen LogP contribution in [-0.4, -0.2) is 38.6 Å². The summed E-state index contributed by atoms with van der Waals surface area (Å²) in [4.78, 5) is 11.9. The van der Waals surface area contributed by atoms with Crippen molar-refractivity contribution in [3.63, 3.8) is 0 Å². The first-order valence-electron chi connectivity index (χ1n) is 7.03. The maximum absolute atomic E-state index is 11.9. The molecular weight excluding hydrogens is 278 g/mol. The summed E-state index contributed by atoms with van der Waals surface area (Å²) in [6.07, 6.45) is -1.45. The Balaban J connectivity index is 2.42. The van der Waals surface area contributed by atoms with Crippen molar-refractivity contribution < 1.29 is 18.3 Å². The lowest BCUT2D eigenvalue weighted by Gasteiger charge is -2.11. The molecule has 0 spiro atoms. The topological polar surface area (TPSA) is 50.4 Å². The van der Waals surface area contributed by atoms with E-state index in [9.17, 15) is 13.6 Å². The predicted molar refractivity (Wildman–Crippen MR) is 79.1 cm³/mol. The minimum Gasteiger partial charge on any atom is -0.385 e. The molecule has 0 aromatic heterocycles. The highest BCUT2D eigenvalue weighted by molar-refractivity contribution is 5.94. The summed E-state index contributed by atoms with van der Waals surface area (Å²) in [5.74, 6) is -0.235. The summed E-state index contributed by atoms with van der Waals surface area (Å²) in [7, 11) is 0. The van der Waals surface area contributed by atoms with E-state index in [1.165, 1.54) is 0 Å². The van der Waals surface area contributed by atoms with Crippen LogP contribution in [0.15, 0.2) is 18.2 Å². The number of hydrogen-bond donors (Lipinski definition) is 2. The van der Waals surface area contributed by atoms with Crippen molar-refractivity contribution >= 4 is 11.6 Å². The summed E-state index contributed by atoms with van der Waals surface area (Å²) < 4.78 is 28.4. The van der Waals surface area contributed by atoms with Gasteiger partial charge in [-0.2, -0.15) is 0 Å². The maximum atomic E-state index is 11.9. The number of rotatable bonds is 9. The quantitative estimate of drug-likeness (QED) is 0.690. The lowest BCUT2D eigenvalue weighted by molar-refractivity contribution is 0.0188. The van der Waals surface area contributed by atoms with E-state index in [1.54, 1.807) is 12.1 Å². The number of benzene rings is 1. The van der Waals surface area contributed by atoms with E-state index in [2.05, 4.69) is 17.6 Å². The van der Waals surface area contributed by atoms with Gasteiger partial charge in [0, 0.05) is 24.3 Å². The molecule has 1 amide bonds. The average Bonchev–Trinajstić information content (AvgIpc) is 2.45. The number of amides is 1. The Hall–Kier alpha value is -1.69. The molecule has 118 valence electrons. The zero-order valence-electron chi connectivity index (χ0n) is 12.4. The average molecular weight is 300 g/mol. The zero-order chi connectivity index (χ0) is 15.7. The third kappa shape index (κ3) is 6.53. The van der Waals surface area contributed by atoms with Gasteiger partial charge in [-0.15, -0.1) is 0 Å². The molecule has 4 nitrogen and oxygen atoms in total. The van der Waals surface area contributed by atoms with Crippen molar-refractivity contribution in [3.8, 4) is 0 Å². The Kier molecular flexibility index (Phi) is 7.68. The first-order valence-corrected chi connectivity index (χ1v) is 7.03. The van der Waals surface area contributed by atoms with Crippen LogP contribution in [-0.2, 0) is 4.74 Å². The van der Waals surface area contributed by atoms with Crippen LogP contribution in [0.25, 0.3) is 0 Å². The molecule has 0 atom stereocenters. The normalized spacial score (nSPS) is 10.7. The zero-order valence-corrected chi connectivity index (χ0v) is 12.4. The van der Waals surface area contributed by atoms with Crippen molar-refractivity contribution in [2.75, 3.05) is 31.6 Å².